The summed E-state index contributed by atoms with van der Waals surface area (Å²) in [6.45, 7) is 2.20. The van der Waals surface area contributed by atoms with Crippen molar-refractivity contribution >= 4 is 28.4 Å². The molecule has 2 heterocycles. The smallest absolute Gasteiger partial charge is 0.145 e. The van der Waals surface area contributed by atoms with E-state index in [9.17, 15) is 0 Å². The molecule has 1 aliphatic heterocycles. The van der Waals surface area contributed by atoms with Crippen molar-refractivity contribution in [3.05, 3.63) is 52.0 Å². The van der Waals surface area contributed by atoms with Crippen LogP contribution in [0.1, 0.15) is 18.4 Å². The zero-order valence-corrected chi connectivity index (χ0v) is 13.5. The van der Waals surface area contributed by atoms with Gasteiger partial charge in [0.05, 0.1) is 3.57 Å². The highest BCUT2D eigenvalue weighted by molar-refractivity contribution is 14.1. The number of nitrogens with zero attached hydrogens (tertiary/aromatic N) is 3. The maximum Gasteiger partial charge on any atom is 0.145 e. The third kappa shape index (κ3) is 3.29. The summed E-state index contributed by atoms with van der Waals surface area (Å²) >= 11 is 2.32. The van der Waals surface area contributed by atoms with Crippen LogP contribution in [0.2, 0.25) is 0 Å². The fourth-order valence-electron chi connectivity index (χ4n) is 2.84. The highest BCUT2D eigenvalue weighted by Gasteiger charge is 2.21. The van der Waals surface area contributed by atoms with Crippen LogP contribution in [0.25, 0.3) is 0 Å². The molecule has 0 aliphatic carbocycles. The number of benzene rings is 1. The highest BCUT2D eigenvalue weighted by atomic mass is 127. The SMILES string of the molecule is Ic1cncnc1N1CCC(Cc2ccccc2)CC1. The van der Waals surface area contributed by atoms with Gasteiger partial charge in [-0.1, -0.05) is 30.3 Å². The van der Waals surface area contributed by atoms with Crippen LogP contribution in [0, 0.1) is 9.49 Å². The Hall–Kier alpha value is -1.17. The van der Waals surface area contributed by atoms with Crippen LogP contribution >= 0.6 is 22.6 Å². The van der Waals surface area contributed by atoms with Gasteiger partial charge in [0.15, 0.2) is 0 Å². The van der Waals surface area contributed by atoms with Gasteiger partial charge in [-0.2, -0.15) is 0 Å². The Labute approximate surface area is 133 Å². The van der Waals surface area contributed by atoms with Gasteiger partial charge < -0.3 is 4.90 Å². The van der Waals surface area contributed by atoms with E-state index in [1.807, 2.05) is 6.20 Å². The Kier molecular flexibility index (Phi) is 4.50. The summed E-state index contributed by atoms with van der Waals surface area (Å²) < 4.78 is 1.15. The van der Waals surface area contributed by atoms with Crippen molar-refractivity contribution in [2.75, 3.05) is 18.0 Å². The zero-order valence-electron chi connectivity index (χ0n) is 11.4. The van der Waals surface area contributed by atoms with Gasteiger partial charge in [-0.25, -0.2) is 9.97 Å². The fraction of sp³-hybridized carbons (Fsp3) is 0.375. The minimum Gasteiger partial charge on any atom is -0.356 e. The van der Waals surface area contributed by atoms with E-state index in [0.29, 0.717) is 0 Å². The number of hydrogen-bond acceptors (Lipinski definition) is 3. The van der Waals surface area contributed by atoms with E-state index in [2.05, 4.69) is 67.8 Å². The molecule has 2 aromatic rings. The maximum absolute atomic E-state index is 4.42. The van der Waals surface area contributed by atoms with Crippen molar-refractivity contribution in [2.45, 2.75) is 19.3 Å². The molecule has 1 aromatic heterocycles. The summed E-state index contributed by atoms with van der Waals surface area (Å²) in [6.07, 6.45) is 7.23. The van der Waals surface area contributed by atoms with Crippen molar-refractivity contribution in [1.29, 1.82) is 0 Å². The Bertz CT molecular complexity index is 551. The van der Waals surface area contributed by atoms with Gasteiger partial charge in [-0.3, -0.25) is 0 Å². The van der Waals surface area contributed by atoms with Crippen LogP contribution in [-0.4, -0.2) is 23.1 Å². The molecule has 0 radical (unpaired) electrons. The lowest BCUT2D eigenvalue weighted by molar-refractivity contribution is 0.402. The molecule has 0 amide bonds. The molecule has 104 valence electrons. The second-order valence-corrected chi connectivity index (χ2v) is 6.48. The lowest BCUT2D eigenvalue weighted by Crippen LogP contribution is -2.35. The molecule has 4 heteroatoms. The van der Waals surface area contributed by atoms with Gasteiger partial charge in [0, 0.05) is 19.3 Å². The lowest BCUT2D eigenvalue weighted by Gasteiger charge is -2.33. The van der Waals surface area contributed by atoms with Crippen LogP contribution in [0.4, 0.5) is 5.82 Å². The molecule has 0 saturated carbocycles. The maximum atomic E-state index is 4.42. The molecule has 1 aliphatic rings. The van der Waals surface area contributed by atoms with Crippen LogP contribution in [-0.2, 0) is 6.42 Å². The van der Waals surface area contributed by atoms with Gasteiger partial charge in [-0.05, 0) is 53.3 Å². The molecule has 0 N–H and O–H groups in total. The minimum atomic E-state index is 0.799. The Morgan fingerprint density at radius 2 is 1.90 bits per heavy atom. The van der Waals surface area contributed by atoms with Crippen molar-refractivity contribution in [1.82, 2.24) is 9.97 Å². The molecule has 1 fully saturated rings. The van der Waals surface area contributed by atoms with E-state index >= 15 is 0 Å². The average Bonchev–Trinajstić information content (AvgIpc) is 2.50. The van der Waals surface area contributed by atoms with Crippen LogP contribution in [0.3, 0.4) is 0 Å². The Morgan fingerprint density at radius 1 is 1.15 bits per heavy atom. The largest absolute Gasteiger partial charge is 0.356 e. The highest BCUT2D eigenvalue weighted by Crippen LogP contribution is 2.26. The predicted octanol–water partition coefficient (Wildman–Crippen LogP) is 3.54. The van der Waals surface area contributed by atoms with E-state index in [4.69, 9.17) is 0 Å². The van der Waals surface area contributed by atoms with E-state index in [-0.39, 0.29) is 0 Å². The van der Waals surface area contributed by atoms with E-state index < -0.39 is 0 Å². The van der Waals surface area contributed by atoms with Crippen LogP contribution in [0.5, 0.6) is 0 Å². The number of piperidine rings is 1. The molecular weight excluding hydrogens is 361 g/mol. The number of anilines is 1. The second-order valence-electron chi connectivity index (χ2n) is 5.31. The standard InChI is InChI=1S/C16H18IN3/c17-15-11-18-12-19-16(15)20-8-6-14(7-9-20)10-13-4-2-1-3-5-13/h1-5,11-12,14H,6-10H2. The third-order valence-corrected chi connectivity index (χ3v) is 4.69. The molecule has 3 rings (SSSR count). The monoisotopic (exact) mass is 379 g/mol. The molecule has 3 nitrogen and oxygen atoms in total. The second kappa shape index (κ2) is 6.52. The molecule has 0 bridgehead atoms. The molecule has 20 heavy (non-hydrogen) atoms. The van der Waals surface area contributed by atoms with Gasteiger partial charge in [0.2, 0.25) is 0 Å². The van der Waals surface area contributed by atoms with Gasteiger partial charge in [-0.15, -0.1) is 0 Å². The first kappa shape index (κ1) is 13.8. The van der Waals surface area contributed by atoms with Crippen molar-refractivity contribution in [2.24, 2.45) is 5.92 Å². The summed E-state index contributed by atoms with van der Waals surface area (Å²) in [5.74, 6) is 1.90. The first-order valence-electron chi connectivity index (χ1n) is 7.07. The quantitative estimate of drug-likeness (QED) is 0.764. The number of hydrogen-bond donors (Lipinski definition) is 0. The number of halogens is 1. The average molecular weight is 379 g/mol. The number of rotatable bonds is 3. The van der Waals surface area contributed by atoms with Gasteiger partial charge >= 0.3 is 0 Å². The normalized spacial score (nSPS) is 16.4. The van der Waals surface area contributed by atoms with Crippen LogP contribution < -0.4 is 4.90 Å². The third-order valence-electron chi connectivity index (χ3n) is 3.93. The van der Waals surface area contributed by atoms with Gasteiger partial charge in [0.25, 0.3) is 0 Å². The first-order valence-corrected chi connectivity index (χ1v) is 8.15. The topological polar surface area (TPSA) is 29.0 Å². The Balaban J connectivity index is 1.59. The minimum absolute atomic E-state index is 0.799. The summed E-state index contributed by atoms with van der Waals surface area (Å²) in [5.41, 5.74) is 1.46. The molecule has 1 aromatic carbocycles. The summed E-state index contributed by atoms with van der Waals surface area (Å²) in [6, 6.07) is 10.8. The summed E-state index contributed by atoms with van der Waals surface area (Å²) in [7, 11) is 0. The molecular formula is C16H18IN3. The summed E-state index contributed by atoms with van der Waals surface area (Å²) in [5, 5.41) is 0. The van der Waals surface area contributed by atoms with Gasteiger partial charge in [0.1, 0.15) is 12.1 Å². The molecule has 1 saturated heterocycles. The first-order chi connectivity index (χ1) is 9.83. The van der Waals surface area contributed by atoms with Crippen molar-refractivity contribution < 1.29 is 0 Å². The summed E-state index contributed by atoms with van der Waals surface area (Å²) in [4.78, 5) is 10.9. The molecule has 0 spiro atoms. The molecule has 0 atom stereocenters. The fourth-order valence-corrected chi connectivity index (χ4v) is 3.48. The predicted molar refractivity (Wildman–Crippen MR) is 89.8 cm³/mol. The Morgan fingerprint density at radius 3 is 2.60 bits per heavy atom. The number of aromatic nitrogens is 2. The molecule has 0 unspecified atom stereocenters. The van der Waals surface area contributed by atoms with E-state index in [0.717, 1.165) is 28.4 Å². The van der Waals surface area contributed by atoms with E-state index in [1.54, 1.807) is 6.33 Å². The zero-order chi connectivity index (χ0) is 13.8. The van der Waals surface area contributed by atoms with Crippen molar-refractivity contribution in [3.8, 4) is 0 Å². The van der Waals surface area contributed by atoms with E-state index in [1.165, 1.54) is 24.8 Å². The van der Waals surface area contributed by atoms with Crippen LogP contribution in [0.15, 0.2) is 42.9 Å². The van der Waals surface area contributed by atoms with Crippen molar-refractivity contribution in [3.63, 3.8) is 0 Å². The lowest BCUT2D eigenvalue weighted by atomic mass is 9.90.